The quantitative estimate of drug-likeness (QED) is 0.866. The maximum atomic E-state index is 12.6. The van der Waals surface area contributed by atoms with E-state index < -0.39 is 0 Å². The van der Waals surface area contributed by atoms with E-state index in [1.807, 2.05) is 30.3 Å². The predicted octanol–water partition coefficient (Wildman–Crippen LogP) is 3.27. The van der Waals surface area contributed by atoms with Gasteiger partial charge in [0.15, 0.2) is 0 Å². The number of benzene rings is 1. The van der Waals surface area contributed by atoms with Gasteiger partial charge in [0.2, 0.25) is 0 Å². The number of nitrogens with zero attached hydrogens (tertiary/aromatic N) is 2. The van der Waals surface area contributed by atoms with Gasteiger partial charge >= 0.3 is 0 Å². The summed E-state index contributed by atoms with van der Waals surface area (Å²) in [6.45, 7) is 2.91. The Morgan fingerprint density at radius 1 is 1.14 bits per heavy atom. The molecule has 0 bridgehead atoms. The number of hydrogen-bond donors (Lipinski definition) is 1. The molecule has 3 rings (SSSR count). The molecule has 1 saturated heterocycles. The minimum atomic E-state index is 0.123. The van der Waals surface area contributed by atoms with Gasteiger partial charge in [-0.05, 0) is 25.0 Å². The molecule has 1 aromatic rings. The molecule has 1 heterocycles. The zero-order valence-corrected chi connectivity index (χ0v) is 12.6. The SMILES string of the molecule is CC1CN(C2CCCCC2)C(=O)/C1=N\Nc1ccccc1. The van der Waals surface area contributed by atoms with E-state index in [0.717, 1.165) is 25.1 Å². The summed E-state index contributed by atoms with van der Waals surface area (Å²) in [7, 11) is 0. The van der Waals surface area contributed by atoms with Crippen LogP contribution in [0.3, 0.4) is 0 Å². The second-order valence-electron chi connectivity index (χ2n) is 6.13. The van der Waals surface area contributed by atoms with Crippen molar-refractivity contribution in [2.24, 2.45) is 11.0 Å². The van der Waals surface area contributed by atoms with Crippen LogP contribution < -0.4 is 5.43 Å². The summed E-state index contributed by atoms with van der Waals surface area (Å²) >= 11 is 0. The molecule has 21 heavy (non-hydrogen) atoms. The molecule has 2 fully saturated rings. The maximum absolute atomic E-state index is 12.6. The van der Waals surface area contributed by atoms with Crippen LogP contribution in [0.15, 0.2) is 35.4 Å². The first-order valence-electron chi connectivity index (χ1n) is 7.95. The monoisotopic (exact) mass is 285 g/mol. The molecule has 2 aliphatic rings. The summed E-state index contributed by atoms with van der Waals surface area (Å²) in [6, 6.07) is 10.2. The van der Waals surface area contributed by atoms with Crippen molar-refractivity contribution < 1.29 is 4.79 Å². The van der Waals surface area contributed by atoms with Crippen molar-refractivity contribution in [3.05, 3.63) is 30.3 Å². The molecule has 1 aliphatic heterocycles. The summed E-state index contributed by atoms with van der Waals surface area (Å²) in [5.41, 5.74) is 4.60. The minimum Gasteiger partial charge on any atom is -0.334 e. The molecule has 1 atom stereocenters. The van der Waals surface area contributed by atoms with Gasteiger partial charge in [0.1, 0.15) is 5.71 Å². The molecule has 1 amide bonds. The topological polar surface area (TPSA) is 44.7 Å². The van der Waals surface area contributed by atoms with Gasteiger partial charge in [-0.25, -0.2) is 0 Å². The minimum absolute atomic E-state index is 0.123. The van der Waals surface area contributed by atoms with Crippen LogP contribution in [0.4, 0.5) is 5.69 Å². The predicted molar refractivity (Wildman–Crippen MR) is 85.2 cm³/mol. The molecule has 1 aromatic carbocycles. The Morgan fingerprint density at radius 3 is 2.57 bits per heavy atom. The van der Waals surface area contributed by atoms with E-state index >= 15 is 0 Å². The average Bonchev–Trinajstić information content (AvgIpc) is 2.82. The van der Waals surface area contributed by atoms with Crippen LogP contribution in [-0.4, -0.2) is 29.1 Å². The highest BCUT2D eigenvalue weighted by Crippen LogP contribution is 2.27. The lowest BCUT2D eigenvalue weighted by Crippen LogP contribution is -2.39. The fourth-order valence-corrected chi connectivity index (χ4v) is 3.33. The molecule has 0 spiro atoms. The lowest BCUT2D eigenvalue weighted by Gasteiger charge is -2.30. The Labute approximate surface area is 126 Å². The van der Waals surface area contributed by atoms with Crippen LogP contribution in [0.5, 0.6) is 0 Å². The molecule has 0 radical (unpaired) electrons. The Balaban J connectivity index is 1.69. The van der Waals surface area contributed by atoms with Crippen molar-refractivity contribution in [3.8, 4) is 0 Å². The zero-order valence-electron chi connectivity index (χ0n) is 12.6. The standard InChI is InChI=1S/C17H23N3O/c1-13-12-20(15-10-6-3-7-11-15)17(21)16(13)19-18-14-8-4-2-5-9-14/h2,4-5,8-9,13,15,18H,3,6-7,10-12H2,1H3/b19-16-. The first-order chi connectivity index (χ1) is 10.3. The fraction of sp³-hybridized carbons (Fsp3) is 0.529. The Kier molecular flexibility index (Phi) is 4.23. The van der Waals surface area contributed by atoms with E-state index in [1.54, 1.807) is 0 Å². The molecule has 1 aliphatic carbocycles. The number of para-hydroxylation sites is 1. The highest BCUT2D eigenvalue weighted by molar-refractivity contribution is 6.41. The van der Waals surface area contributed by atoms with Crippen LogP contribution in [-0.2, 0) is 4.79 Å². The first kappa shape index (κ1) is 14.1. The van der Waals surface area contributed by atoms with Crippen molar-refractivity contribution in [1.82, 2.24) is 4.90 Å². The smallest absolute Gasteiger partial charge is 0.270 e. The van der Waals surface area contributed by atoms with Gasteiger partial charge in [-0.2, -0.15) is 5.10 Å². The van der Waals surface area contributed by atoms with Crippen LogP contribution in [0, 0.1) is 5.92 Å². The van der Waals surface area contributed by atoms with Crippen LogP contribution in [0.25, 0.3) is 0 Å². The molecule has 4 heteroatoms. The lowest BCUT2D eigenvalue weighted by atomic mass is 9.94. The summed E-state index contributed by atoms with van der Waals surface area (Å²) in [5, 5.41) is 4.38. The maximum Gasteiger partial charge on any atom is 0.270 e. The van der Waals surface area contributed by atoms with Gasteiger partial charge in [-0.1, -0.05) is 44.4 Å². The number of hydrogen-bond acceptors (Lipinski definition) is 3. The number of rotatable bonds is 3. The van der Waals surface area contributed by atoms with Gasteiger partial charge < -0.3 is 4.90 Å². The highest BCUT2D eigenvalue weighted by Gasteiger charge is 2.38. The van der Waals surface area contributed by atoms with Crippen LogP contribution in [0.2, 0.25) is 0 Å². The number of nitrogens with one attached hydrogen (secondary N) is 1. The average molecular weight is 285 g/mol. The number of hydrazone groups is 1. The van der Waals surface area contributed by atoms with E-state index in [1.165, 1.54) is 19.3 Å². The molecule has 1 unspecified atom stereocenters. The van der Waals surface area contributed by atoms with Gasteiger partial charge in [-0.15, -0.1) is 0 Å². The van der Waals surface area contributed by atoms with Crippen molar-refractivity contribution in [3.63, 3.8) is 0 Å². The Hall–Kier alpha value is -1.84. The van der Waals surface area contributed by atoms with Crippen LogP contribution >= 0.6 is 0 Å². The van der Waals surface area contributed by atoms with E-state index in [-0.39, 0.29) is 11.8 Å². The molecule has 112 valence electrons. The molecular weight excluding hydrogens is 262 g/mol. The molecule has 4 nitrogen and oxygen atoms in total. The second kappa shape index (κ2) is 6.29. The number of anilines is 1. The van der Waals surface area contributed by atoms with E-state index in [4.69, 9.17) is 0 Å². The van der Waals surface area contributed by atoms with Crippen molar-refractivity contribution >= 4 is 17.3 Å². The van der Waals surface area contributed by atoms with Gasteiger partial charge in [0.25, 0.3) is 5.91 Å². The van der Waals surface area contributed by atoms with Crippen molar-refractivity contribution in [2.45, 2.75) is 45.1 Å². The summed E-state index contributed by atoms with van der Waals surface area (Å²) in [4.78, 5) is 14.6. The summed E-state index contributed by atoms with van der Waals surface area (Å²) in [5.74, 6) is 0.327. The number of carbonyl (C=O) groups is 1. The third-order valence-corrected chi connectivity index (χ3v) is 4.51. The zero-order chi connectivity index (χ0) is 14.7. The second-order valence-corrected chi connectivity index (χ2v) is 6.13. The van der Waals surface area contributed by atoms with Gasteiger partial charge in [-0.3, -0.25) is 10.2 Å². The normalized spacial score (nSPS) is 25.6. The van der Waals surface area contributed by atoms with Gasteiger partial charge in [0.05, 0.1) is 5.69 Å². The van der Waals surface area contributed by atoms with Crippen LogP contribution in [0.1, 0.15) is 39.0 Å². The molecular formula is C17H23N3O. The Morgan fingerprint density at radius 2 is 1.86 bits per heavy atom. The summed E-state index contributed by atoms with van der Waals surface area (Å²) < 4.78 is 0. The highest BCUT2D eigenvalue weighted by atomic mass is 16.2. The molecule has 0 aromatic heterocycles. The number of carbonyl (C=O) groups excluding carboxylic acids is 1. The van der Waals surface area contributed by atoms with E-state index in [9.17, 15) is 4.79 Å². The molecule has 1 N–H and O–H groups in total. The largest absolute Gasteiger partial charge is 0.334 e. The summed E-state index contributed by atoms with van der Waals surface area (Å²) in [6.07, 6.45) is 6.11. The first-order valence-corrected chi connectivity index (χ1v) is 7.95. The lowest BCUT2D eigenvalue weighted by molar-refractivity contribution is -0.125. The van der Waals surface area contributed by atoms with Crippen molar-refractivity contribution in [1.29, 1.82) is 0 Å². The fourth-order valence-electron chi connectivity index (χ4n) is 3.33. The van der Waals surface area contributed by atoms with E-state index in [2.05, 4.69) is 22.4 Å². The number of likely N-dealkylation sites (tertiary alicyclic amines) is 1. The van der Waals surface area contributed by atoms with E-state index in [0.29, 0.717) is 11.8 Å². The molecule has 1 saturated carbocycles. The van der Waals surface area contributed by atoms with Crippen molar-refractivity contribution in [2.75, 3.05) is 12.0 Å². The third kappa shape index (κ3) is 3.09. The van der Waals surface area contributed by atoms with Gasteiger partial charge in [0, 0.05) is 18.5 Å². The number of amides is 1. The third-order valence-electron chi connectivity index (χ3n) is 4.51. The Bertz CT molecular complexity index is 520.